The lowest BCUT2D eigenvalue weighted by Crippen LogP contribution is -2.34. The number of hydrogen-bond donors (Lipinski definition) is 2. The molecule has 2 amide bonds. The molecule has 3 N–H and O–H groups in total. The number of halogens is 1. The van der Waals surface area contributed by atoms with Gasteiger partial charge in [-0.25, -0.2) is 0 Å². The lowest BCUT2D eigenvalue weighted by Gasteiger charge is -1.93. The second kappa shape index (κ2) is 6.25. The van der Waals surface area contributed by atoms with Gasteiger partial charge >= 0.3 is 0 Å². The van der Waals surface area contributed by atoms with Crippen molar-refractivity contribution in [3.63, 3.8) is 0 Å². The van der Waals surface area contributed by atoms with Crippen LogP contribution in [0.25, 0.3) is 0 Å². The summed E-state index contributed by atoms with van der Waals surface area (Å²) in [6.07, 6.45) is 1.01. The highest BCUT2D eigenvalue weighted by molar-refractivity contribution is 6.01. The van der Waals surface area contributed by atoms with Crippen LogP contribution in [-0.2, 0) is 9.59 Å². The van der Waals surface area contributed by atoms with Crippen LogP contribution in [0.5, 0.6) is 0 Å². The average molecular weight is 165 g/mol. The second-order valence-electron chi connectivity index (χ2n) is 1.32. The van der Waals surface area contributed by atoms with E-state index in [2.05, 4.69) is 6.58 Å². The molecule has 0 saturated carbocycles. The van der Waals surface area contributed by atoms with Crippen LogP contribution in [-0.4, -0.2) is 18.4 Å². The van der Waals surface area contributed by atoms with Crippen molar-refractivity contribution >= 4 is 24.2 Å². The summed E-state index contributed by atoms with van der Waals surface area (Å²) < 4.78 is 0. The monoisotopic (exact) mass is 164 g/mol. The summed E-state index contributed by atoms with van der Waals surface area (Å²) in [5.74, 6) is -1.02. The molecule has 0 aromatic rings. The first-order chi connectivity index (χ1) is 4.20. The van der Waals surface area contributed by atoms with Gasteiger partial charge in [0.2, 0.25) is 11.8 Å². The molecule has 5 heteroatoms. The summed E-state index contributed by atoms with van der Waals surface area (Å²) in [6, 6.07) is 0. The molecule has 0 aromatic heterocycles. The number of carbonyl (C=O) groups is 2. The van der Waals surface area contributed by atoms with Crippen LogP contribution in [0.3, 0.4) is 0 Å². The third-order valence-electron chi connectivity index (χ3n) is 0.633. The molecular weight excluding hydrogens is 156 g/mol. The van der Waals surface area contributed by atoms with E-state index in [9.17, 15) is 9.59 Å². The molecule has 0 spiro atoms. The lowest BCUT2D eigenvalue weighted by atomic mass is 10.5. The fraction of sp³-hybridized carbons (Fsp3) is 0.200. The fourth-order valence-corrected chi connectivity index (χ4v) is 0.239. The van der Waals surface area contributed by atoms with Gasteiger partial charge < -0.3 is 5.73 Å². The predicted octanol–water partition coefficient (Wildman–Crippen LogP) is -0.804. The van der Waals surface area contributed by atoms with E-state index >= 15 is 0 Å². The minimum absolute atomic E-state index is 0. The van der Waals surface area contributed by atoms with Gasteiger partial charge in [0.05, 0.1) is 6.54 Å². The standard InChI is InChI=1S/C5H8N2O2.ClH/c1-2-4(8)7-5(9)3-6;/h2H,1,3,6H2,(H,7,8,9);1H. The molecule has 0 aliphatic rings. The molecule has 0 saturated heterocycles. The maximum absolute atomic E-state index is 10.3. The zero-order chi connectivity index (χ0) is 7.28. The molecule has 4 nitrogen and oxygen atoms in total. The highest BCUT2D eigenvalue weighted by Gasteiger charge is 1.98. The number of amides is 2. The molecule has 0 aliphatic heterocycles. The molecule has 10 heavy (non-hydrogen) atoms. The zero-order valence-electron chi connectivity index (χ0n) is 5.29. The lowest BCUT2D eigenvalue weighted by molar-refractivity contribution is -0.127. The predicted molar refractivity (Wildman–Crippen MR) is 39.6 cm³/mol. The highest BCUT2D eigenvalue weighted by Crippen LogP contribution is 1.64. The summed E-state index contributed by atoms with van der Waals surface area (Å²) in [4.78, 5) is 20.6. The summed E-state index contributed by atoms with van der Waals surface area (Å²) >= 11 is 0. The molecule has 0 heterocycles. The smallest absolute Gasteiger partial charge is 0.249 e. The Balaban J connectivity index is 0. The van der Waals surface area contributed by atoms with Crippen LogP contribution in [0.4, 0.5) is 0 Å². The van der Waals surface area contributed by atoms with Gasteiger partial charge in [-0.05, 0) is 6.08 Å². The van der Waals surface area contributed by atoms with Crippen LogP contribution < -0.4 is 11.1 Å². The molecule has 0 atom stereocenters. The van der Waals surface area contributed by atoms with Crippen molar-refractivity contribution in [1.29, 1.82) is 0 Å². The van der Waals surface area contributed by atoms with Gasteiger partial charge in [-0.1, -0.05) is 6.58 Å². The van der Waals surface area contributed by atoms with Crippen LogP contribution in [0, 0.1) is 0 Å². The summed E-state index contributed by atoms with van der Waals surface area (Å²) in [5, 5.41) is 1.96. The molecule has 0 bridgehead atoms. The van der Waals surface area contributed by atoms with Crippen LogP contribution in [0.15, 0.2) is 12.7 Å². The van der Waals surface area contributed by atoms with Gasteiger partial charge in [-0.3, -0.25) is 14.9 Å². The van der Waals surface area contributed by atoms with Crippen molar-refractivity contribution in [2.24, 2.45) is 5.73 Å². The van der Waals surface area contributed by atoms with E-state index in [4.69, 9.17) is 5.73 Å². The zero-order valence-corrected chi connectivity index (χ0v) is 6.11. The molecule has 0 unspecified atom stereocenters. The molecule has 0 rings (SSSR count). The maximum atomic E-state index is 10.3. The second-order valence-corrected chi connectivity index (χ2v) is 1.32. The molecule has 0 radical (unpaired) electrons. The Morgan fingerprint density at radius 1 is 1.60 bits per heavy atom. The van der Waals surface area contributed by atoms with E-state index in [0.717, 1.165) is 6.08 Å². The first kappa shape index (κ1) is 11.9. The van der Waals surface area contributed by atoms with Crippen molar-refractivity contribution < 1.29 is 9.59 Å². The Bertz CT molecular complexity index is 147. The molecule has 58 valence electrons. The molecule has 0 aromatic carbocycles. The minimum Gasteiger partial charge on any atom is -0.322 e. The normalized spacial score (nSPS) is 7.30. The van der Waals surface area contributed by atoms with E-state index in [0.29, 0.717) is 0 Å². The van der Waals surface area contributed by atoms with Crippen LogP contribution in [0.1, 0.15) is 0 Å². The quantitative estimate of drug-likeness (QED) is 0.525. The maximum Gasteiger partial charge on any atom is 0.249 e. The number of rotatable bonds is 2. The van der Waals surface area contributed by atoms with E-state index < -0.39 is 11.8 Å². The Labute approximate surface area is 64.9 Å². The first-order valence-electron chi connectivity index (χ1n) is 2.37. The van der Waals surface area contributed by atoms with E-state index in [-0.39, 0.29) is 19.0 Å². The summed E-state index contributed by atoms with van der Waals surface area (Å²) in [5.41, 5.74) is 4.88. The number of nitrogens with two attached hydrogens (primary N) is 1. The minimum atomic E-state index is -0.523. The molecule has 0 aliphatic carbocycles. The number of hydrogen-bond acceptors (Lipinski definition) is 3. The highest BCUT2D eigenvalue weighted by atomic mass is 35.5. The summed E-state index contributed by atoms with van der Waals surface area (Å²) in [6.45, 7) is 2.96. The van der Waals surface area contributed by atoms with Crippen LogP contribution >= 0.6 is 12.4 Å². The van der Waals surface area contributed by atoms with Crippen molar-refractivity contribution in [2.45, 2.75) is 0 Å². The van der Waals surface area contributed by atoms with Gasteiger partial charge in [0, 0.05) is 0 Å². The first-order valence-corrected chi connectivity index (χ1v) is 2.37. The Morgan fingerprint density at radius 3 is 2.40 bits per heavy atom. The largest absolute Gasteiger partial charge is 0.322 e. The fourth-order valence-electron chi connectivity index (χ4n) is 0.239. The third-order valence-corrected chi connectivity index (χ3v) is 0.633. The van der Waals surface area contributed by atoms with Crippen molar-refractivity contribution in [3.8, 4) is 0 Å². The van der Waals surface area contributed by atoms with Gasteiger partial charge in [-0.15, -0.1) is 12.4 Å². The third kappa shape index (κ3) is 5.27. The van der Waals surface area contributed by atoms with Crippen molar-refractivity contribution in [3.05, 3.63) is 12.7 Å². The summed E-state index contributed by atoms with van der Waals surface area (Å²) in [7, 11) is 0. The van der Waals surface area contributed by atoms with E-state index in [1.165, 1.54) is 0 Å². The van der Waals surface area contributed by atoms with Gasteiger partial charge in [0.15, 0.2) is 0 Å². The SMILES string of the molecule is C=CC(=O)NC(=O)CN.Cl. The van der Waals surface area contributed by atoms with Gasteiger partial charge in [0.25, 0.3) is 0 Å². The number of nitrogens with one attached hydrogen (secondary N) is 1. The van der Waals surface area contributed by atoms with Gasteiger partial charge in [-0.2, -0.15) is 0 Å². The Morgan fingerprint density at radius 2 is 2.10 bits per heavy atom. The van der Waals surface area contributed by atoms with E-state index in [1.807, 2.05) is 5.32 Å². The van der Waals surface area contributed by atoms with E-state index in [1.54, 1.807) is 0 Å². The average Bonchev–Trinajstić information content (AvgIpc) is 1.87. The molecular formula is C5H9ClN2O2. The Hall–Kier alpha value is -0.870. The van der Waals surface area contributed by atoms with Gasteiger partial charge in [0.1, 0.15) is 0 Å². The topological polar surface area (TPSA) is 72.2 Å². The number of imide groups is 1. The number of carbonyl (C=O) groups excluding carboxylic acids is 2. The van der Waals surface area contributed by atoms with Crippen molar-refractivity contribution in [1.82, 2.24) is 5.32 Å². The molecule has 0 fully saturated rings. The van der Waals surface area contributed by atoms with Crippen molar-refractivity contribution in [2.75, 3.05) is 6.54 Å². The van der Waals surface area contributed by atoms with Crippen LogP contribution in [0.2, 0.25) is 0 Å². The Kier molecular flexibility index (Phi) is 7.42.